The minimum Gasteiger partial charge on any atom is -0.353 e. The first-order valence-corrected chi connectivity index (χ1v) is 11.0. The summed E-state index contributed by atoms with van der Waals surface area (Å²) in [6.07, 6.45) is 2.77. The molecule has 0 radical (unpaired) electrons. The molecule has 6 nitrogen and oxygen atoms in total. The molecule has 32 heavy (non-hydrogen) atoms. The van der Waals surface area contributed by atoms with Crippen molar-refractivity contribution >= 4 is 45.7 Å². The van der Waals surface area contributed by atoms with Crippen molar-refractivity contribution in [2.75, 3.05) is 36.4 Å². The molecule has 1 fully saturated rings. The van der Waals surface area contributed by atoms with Gasteiger partial charge in [0.15, 0.2) is 5.82 Å². The summed E-state index contributed by atoms with van der Waals surface area (Å²) in [4.78, 5) is 21.7. The maximum atomic E-state index is 13.9. The topological polar surface area (TPSA) is 52.9 Å². The van der Waals surface area contributed by atoms with Crippen LogP contribution in [0, 0.1) is 12.7 Å². The molecule has 4 aromatic rings. The number of carbonyl (C=O) groups excluding carboxylic acids is 1. The van der Waals surface area contributed by atoms with Gasteiger partial charge in [-0.3, -0.25) is 0 Å². The number of carbonyl (C=O) groups is 1. The Balaban J connectivity index is 1.38. The van der Waals surface area contributed by atoms with Crippen molar-refractivity contribution in [1.29, 1.82) is 0 Å². The molecule has 0 aliphatic carbocycles. The molecule has 0 spiro atoms. The fourth-order valence-electron chi connectivity index (χ4n) is 4.22. The molecule has 0 bridgehead atoms. The van der Waals surface area contributed by atoms with Crippen molar-refractivity contribution < 1.29 is 9.18 Å². The molecule has 3 heterocycles. The van der Waals surface area contributed by atoms with Crippen molar-refractivity contribution in [3.05, 3.63) is 71.1 Å². The number of benzene rings is 2. The zero-order valence-corrected chi connectivity index (χ0v) is 18.4. The Morgan fingerprint density at radius 2 is 1.94 bits per heavy atom. The van der Waals surface area contributed by atoms with Gasteiger partial charge in [-0.05, 0) is 55.3 Å². The highest BCUT2D eigenvalue weighted by Gasteiger charge is 2.22. The molecular formula is C24H23ClFN5O. The fourth-order valence-corrected chi connectivity index (χ4v) is 4.39. The highest BCUT2D eigenvalue weighted by Crippen LogP contribution is 2.27. The predicted molar refractivity (Wildman–Crippen MR) is 126 cm³/mol. The van der Waals surface area contributed by atoms with Crippen molar-refractivity contribution in [3.63, 3.8) is 0 Å². The van der Waals surface area contributed by atoms with Crippen LogP contribution in [0.2, 0.25) is 5.02 Å². The molecule has 8 heteroatoms. The van der Waals surface area contributed by atoms with Gasteiger partial charge in [-0.15, -0.1) is 0 Å². The Morgan fingerprint density at radius 1 is 1.06 bits per heavy atom. The second kappa shape index (κ2) is 8.31. The molecule has 1 N–H and O–H groups in total. The van der Waals surface area contributed by atoms with Crippen molar-refractivity contribution in [2.24, 2.45) is 0 Å². The lowest BCUT2D eigenvalue weighted by Gasteiger charge is -2.24. The van der Waals surface area contributed by atoms with Crippen LogP contribution in [0.25, 0.3) is 16.6 Å². The van der Waals surface area contributed by atoms with Crippen LogP contribution in [-0.4, -0.2) is 46.5 Å². The Labute approximate surface area is 190 Å². The monoisotopic (exact) mass is 451 g/mol. The second-order valence-electron chi connectivity index (χ2n) is 8.05. The number of hydrogen-bond donors (Lipinski definition) is 1. The Kier molecular flexibility index (Phi) is 5.35. The van der Waals surface area contributed by atoms with E-state index in [1.165, 1.54) is 12.1 Å². The van der Waals surface area contributed by atoms with Gasteiger partial charge < -0.3 is 19.5 Å². The van der Waals surface area contributed by atoms with Gasteiger partial charge in [0.25, 0.3) is 0 Å². The minimum atomic E-state index is -0.308. The lowest BCUT2D eigenvalue weighted by Crippen LogP contribution is -2.38. The summed E-state index contributed by atoms with van der Waals surface area (Å²) in [5, 5.41) is 3.57. The lowest BCUT2D eigenvalue weighted by atomic mass is 10.2. The average molecular weight is 452 g/mol. The number of aromatic nitrogens is 2. The van der Waals surface area contributed by atoms with E-state index >= 15 is 0 Å². The molecule has 0 atom stereocenters. The quantitative estimate of drug-likeness (QED) is 0.448. The Bertz CT molecular complexity index is 1320. The second-order valence-corrected chi connectivity index (χ2v) is 8.49. The van der Waals surface area contributed by atoms with Gasteiger partial charge >= 0.3 is 6.03 Å². The van der Waals surface area contributed by atoms with Gasteiger partial charge in [0.2, 0.25) is 0 Å². The molecule has 1 saturated heterocycles. The number of urea groups is 1. The van der Waals surface area contributed by atoms with E-state index in [-0.39, 0.29) is 11.8 Å². The molecular weight excluding hydrogens is 429 g/mol. The van der Waals surface area contributed by atoms with E-state index in [4.69, 9.17) is 16.6 Å². The van der Waals surface area contributed by atoms with Crippen LogP contribution in [0.5, 0.6) is 0 Å². The van der Waals surface area contributed by atoms with E-state index in [2.05, 4.69) is 10.2 Å². The third-order valence-corrected chi connectivity index (χ3v) is 6.16. The van der Waals surface area contributed by atoms with Gasteiger partial charge in [-0.1, -0.05) is 17.7 Å². The smallest absolute Gasteiger partial charge is 0.321 e. The summed E-state index contributed by atoms with van der Waals surface area (Å²) >= 11 is 6.08. The number of rotatable bonds is 2. The number of anilines is 2. The summed E-state index contributed by atoms with van der Waals surface area (Å²) in [7, 11) is 0. The third kappa shape index (κ3) is 3.84. The largest absolute Gasteiger partial charge is 0.353 e. The van der Waals surface area contributed by atoms with Crippen LogP contribution < -0.4 is 10.2 Å². The van der Waals surface area contributed by atoms with Gasteiger partial charge in [0.05, 0.1) is 16.6 Å². The molecule has 2 aromatic heterocycles. The summed E-state index contributed by atoms with van der Waals surface area (Å²) in [6.45, 7) is 4.53. The first-order valence-electron chi connectivity index (χ1n) is 10.6. The number of nitrogens with one attached hydrogen (secondary N) is 1. The van der Waals surface area contributed by atoms with E-state index in [0.717, 1.165) is 41.1 Å². The van der Waals surface area contributed by atoms with Gasteiger partial charge in [0, 0.05) is 49.2 Å². The van der Waals surface area contributed by atoms with Crippen LogP contribution in [-0.2, 0) is 0 Å². The standard InChI is InChI=1S/C24H23ClFN5O/c1-16-5-6-17(25)14-19(16)28-24(32)30-10-3-9-29(12-13-30)23-22-4-2-11-31(22)21-8-7-18(26)15-20(21)27-23/h2,4-8,11,14-15H,3,9-10,12-13H2,1H3,(H,28,32). The predicted octanol–water partition coefficient (Wildman–Crippen LogP) is 5.33. The number of aryl methyl sites for hydroxylation is 1. The minimum absolute atomic E-state index is 0.140. The Morgan fingerprint density at radius 3 is 2.81 bits per heavy atom. The number of halogens is 2. The highest BCUT2D eigenvalue weighted by atomic mass is 35.5. The van der Waals surface area contributed by atoms with E-state index < -0.39 is 0 Å². The lowest BCUT2D eigenvalue weighted by molar-refractivity contribution is 0.215. The van der Waals surface area contributed by atoms with Gasteiger partial charge in [-0.25, -0.2) is 14.2 Å². The first-order chi connectivity index (χ1) is 15.5. The van der Waals surface area contributed by atoms with E-state index in [1.807, 2.05) is 40.6 Å². The summed E-state index contributed by atoms with van der Waals surface area (Å²) in [5.41, 5.74) is 4.12. The van der Waals surface area contributed by atoms with Crippen LogP contribution in [0.15, 0.2) is 54.7 Å². The molecule has 1 aliphatic heterocycles. The summed E-state index contributed by atoms with van der Waals surface area (Å²) in [5.74, 6) is 0.499. The van der Waals surface area contributed by atoms with Crippen molar-refractivity contribution in [1.82, 2.24) is 14.3 Å². The van der Waals surface area contributed by atoms with E-state index in [9.17, 15) is 9.18 Å². The maximum Gasteiger partial charge on any atom is 0.321 e. The highest BCUT2D eigenvalue weighted by molar-refractivity contribution is 6.31. The van der Waals surface area contributed by atoms with Gasteiger partial charge in [0.1, 0.15) is 5.82 Å². The van der Waals surface area contributed by atoms with Crippen LogP contribution in [0.3, 0.4) is 0 Å². The zero-order chi connectivity index (χ0) is 22.2. The van der Waals surface area contributed by atoms with Crippen LogP contribution in [0.1, 0.15) is 12.0 Å². The van der Waals surface area contributed by atoms with Crippen LogP contribution >= 0.6 is 11.6 Å². The van der Waals surface area contributed by atoms with Gasteiger partial charge in [-0.2, -0.15) is 0 Å². The first kappa shape index (κ1) is 20.6. The molecule has 0 saturated carbocycles. The molecule has 2 aromatic carbocycles. The molecule has 5 rings (SSSR count). The summed E-state index contributed by atoms with van der Waals surface area (Å²) < 4.78 is 15.9. The number of nitrogens with zero attached hydrogens (tertiary/aromatic N) is 4. The number of amides is 2. The van der Waals surface area contributed by atoms with Crippen LogP contribution in [0.4, 0.5) is 20.7 Å². The maximum absolute atomic E-state index is 13.9. The fraction of sp³-hybridized carbons (Fsp3) is 0.250. The molecule has 0 unspecified atom stereocenters. The zero-order valence-electron chi connectivity index (χ0n) is 17.7. The third-order valence-electron chi connectivity index (χ3n) is 5.93. The molecule has 164 valence electrons. The Hall–Kier alpha value is -3.32. The van der Waals surface area contributed by atoms with E-state index in [0.29, 0.717) is 30.2 Å². The average Bonchev–Trinajstić information content (AvgIpc) is 3.13. The van der Waals surface area contributed by atoms with E-state index in [1.54, 1.807) is 18.2 Å². The SMILES string of the molecule is Cc1ccc(Cl)cc1NC(=O)N1CCCN(c2nc3cc(F)ccc3n3cccc23)CC1. The summed E-state index contributed by atoms with van der Waals surface area (Å²) in [6, 6.07) is 14.0. The number of fused-ring (bicyclic) bond motifs is 3. The van der Waals surface area contributed by atoms with Crippen molar-refractivity contribution in [2.45, 2.75) is 13.3 Å². The number of hydrogen-bond acceptors (Lipinski definition) is 3. The molecule has 2 amide bonds. The molecule has 1 aliphatic rings. The normalized spacial score (nSPS) is 14.7. The van der Waals surface area contributed by atoms with Crippen molar-refractivity contribution in [3.8, 4) is 0 Å².